The third-order valence-corrected chi connectivity index (χ3v) is 4.87. The summed E-state index contributed by atoms with van der Waals surface area (Å²) in [7, 11) is -4.15. The van der Waals surface area contributed by atoms with Crippen LogP contribution in [0.3, 0.4) is 0 Å². The maximum absolute atomic E-state index is 11.8. The number of unbranched alkanes of at least 4 members (excludes halogenated alkanes) is 4. The first-order chi connectivity index (χ1) is 9.95. The fraction of sp³-hybridized carbons (Fsp3) is 1.00. The van der Waals surface area contributed by atoms with Crippen LogP contribution in [0.2, 0.25) is 0 Å². The molecule has 0 rings (SSSR count). The minimum atomic E-state index is -4.15. The number of rotatable bonds is 14. The van der Waals surface area contributed by atoms with E-state index < -0.39 is 7.82 Å². The molecule has 0 aliphatic heterocycles. The normalized spacial score (nSPS) is 17.4. The maximum Gasteiger partial charge on any atom is 0.268 e. The number of hydrogen-bond donors (Lipinski definition) is 0. The van der Waals surface area contributed by atoms with Crippen LogP contribution >= 0.6 is 7.82 Å². The third-order valence-electron chi connectivity index (χ3n) is 3.78. The van der Waals surface area contributed by atoms with Crippen molar-refractivity contribution in [3.05, 3.63) is 0 Å². The van der Waals surface area contributed by atoms with Crippen molar-refractivity contribution in [1.29, 1.82) is 0 Å². The Kier molecular flexibility index (Phi) is 12.7. The van der Waals surface area contributed by atoms with Crippen molar-refractivity contribution in [1.82, 2.24) is 0 Å². The lowest BCUT2D eigenvalue weighted by Crippen LogP contribution is -2.18. The Morgan fingerprint density at radius 2 is 1.67 bits per heavy atom. The van der Waals surface area contributed by atoms with Gasteiger partial charge in [0.1, 0.15) is 0 Å². The van der Waals surface area contributed by atoms with E-state index >= 15 is 0 Å². The molecule has 0 aliphatic rings. The molecule has 0 saturated heterocycles. The van der Waals surface area contributed by atoms with E-state index in [-0.39, 0.29) is 12.7 Å². The molecule has 0 radical (unpaired) electrons. The van der Waals surface area contributed by atoms with Crippen LogP contribution in [0.1, 0.15) is 85.5 Å². The Bertz CT molecular complexity index is 283. The van der Waals surface area contributed by atoms with Crippen LogP contribution in [0.15, 0.2) is 0 Å². The molecule has 0 aromatic rings. The van der Waals surface area contributed by atoms with Gasteiger partial charge in [-0.25, -0.2) is 0 Å². The van der Waals surface area contributed by atoms with Crippen molar-refractivity contribution in [2.24, 2.45) is 5.92 Å². The molecule has 0 N–H and O–H groups in total. The average Bonchev–Trinajstić information content (AvgIpc) is 2.43. The summed E-state index contributed by atoms with van der Waals surface area (Å²) in [6.45, 7) is 8.41. The lowest BCUT2D eigenvalue weighted by molar-refractivity contribution is -0.230. The minimum absolute atomic E-state index is 0.250. The zero-order valence-electron chi connectivity index (χ0n) is 14.3. The van der Waals surface area contributed by atoms with Crippen LogP contribution < -0.4 is 4.89 Å². The smallest absolute Gasteiger partial charge is 0.268 e. The molecule has 0 heterocycles. The van der Waals surface area contributed by atoms with Crippen LogP contribution in [0.4, 0.5) is 0 Å². The van der Waals surface area contributed by atoms with E-state index in [1.165, 1.54) is 12.8 Å². The first kappa shape index (κ1) is 21.1. The van der Waals surface area contributed by atoms with Crippen molar-refractivity contribution >= 4 is 7.82 Å². The molecule has 0 aromatic carbocycles. The Labute approximate surface area is 131 Å². The summed E-state index contributed by atoms with van der Waals surface area (Å²) in [5.41, 5.74) is 0. The number of phosphoric acid groups is 1. The maximum atomic E-state index is 11.8. The van der Waals surface area contributed by atoms with Gasteiger partial charge in [-0.3, -0.25) is 4.57 Å². The molecule has 0 aliphatic carbocycles. The SMILES string of the molecule is CCCCCCC(C)OP(=O)([O-])OCC(CC)CCCC. The van der Waals surface area contributed by atoms with Gasteiger partial charge in [-0.05, 0) is 25.7 Å². The van der Waals surface area contributed by atoms with Gasteiger partial charge in [0.25, 0.3) is 7.82 Å². The zero-order valence-corrected chi connectivity index (χ0v) is 15.2. The molecule has 0 amide bonds. The average molecular weight is 321 g/mol. The van der Waals surface area contributed by atoms with E-state index in [1.54, 1.807) is 6.92 Å². The lowest BCUT2D eigenvalue weighted by Gasteiger charge is -2.28. The Hall–Kier alpha value is 0.110. The van der Waals surface area contributed by atoms with Crippen LogP contribution in [0.5, 0.6) is 0 Å². The fourth-order valence-corrected chi connectivity index (χ4v) is 3.26. The first-order valence-corrected chi connectivity index (χ1v) is 10.0. The van der Waals surface area contributed by atoms with Gasteiger partial charge in [0.15, 0.2) is 0 Å². The highest BCUT2D eigenvalue weighted by Gasteiger charge is 2.17. The molecule has 4 nitrogen and oxygen atoms in total. The van der Waals surface area contributed by atoms with Crippen molar-refractivity contribution in [3.63, 3.8) is 0 Å². The van der Waals surface area contributed by atoms with E-state index in [1.807, 2.05) is 0 Å². The summed E-state index contributed by atoms with van der Waals surface area (Å²) in [4.78, 5) is 11.8. The van der Waals surface area contributed by atoms with Crippen LogP contribution in [0.25, 0.3) is 0 Å². The standard InChI is InChI=1S/C16H35O4P/c1-5-8-10-11-12-15(4)20-21(17,18)19-14-16(7-3)13-9-6-2/h15-16H,5-14H2,1-4H3,(H,17,18)/p-1. The second-order valence-electron chi connectivity index (χ2n) is 5.92. The van der Waals surface area contributed by atoms with Gasteiger partial charge in [0, 0.05) is 0 Å². The molecular formula is C16H34O4P-. The van der Waals surface area contributed by atoms with Crippen molar-refractivity contribution in [2.45, 2.75) is 91.6 Å². The number of hydrogen-bond acceptors (Lipinski definition) is 4. The second kappa shape index (κ2) is 12.6. The summed E-state index contributed by atoms with van der Waals surface area (Å²) < 4.78 is 22.0. The molecule has 5 heteroatoms. The van der Waals surface area contributed by atoms with E-state index in [2.05, 4.69) is 20.8 Å². The Morgan fingerprint density at radius 1 is 1.00 bits per heavy atom. The largest absolute Gasteiger partial charge is 0.756 e. The minimum Gasteiger partial charge on any atom is -0.756 e. The lowest BCUT2D eigenvalue weighted by atomic mass is 10.0. The highest BCUT2D eigenvalue weighted by Crippen LogP contribution is 2.41. The van der Waals surface area contributed by atoms with E-state index in [0.717, 1.165) is 44.9 Å². The molecular weight excluding hydrogens is 287 g/mol. The molecule has 128 valence electrons. The fourth-order valence-electron chi connectivity index (χ4n) is 2.26. The van der Waals surface area contributed by atoms with Crippen molar-refractivity contribution in [3.8, 4) is 0 Å². The predicted octanol–water partition coefficient (Wildman–Crippen LogP) is 5.06. The Morgan fingerprint density at radius 3 is 2.24 bits per heavy atom. The molecule has 0 aromatic heterocycles. The monoisotopic (exact) mass is 321 g/mol. The van der Waals surface area contributed by atoms with E-state index in [4.69, 9.17) is 9.05 Å². The van der Waals surface area contributed by atoms with Crippen molar-refractivity contribution < 1.29 is 18.5 Å². The summed E-state index contributed by atoms with van der Waals surface area (Å²) in [6.07, 6.45) is 9.15. The molecule has 0 bridgehead atoms. The van der Waals surface area contributed by atoms with Crippen LogP contribution in [-0.4, -0.2) is 12.7 Å². The molecule has 0 spiro atoms. The highest BCUT2D eigenvalue weighted by molar-refractivity contribution is 7.45. The van der Waals surface area contributed by atoms with Crippen LogP contribution in [0, 0.1) is 5.92 Å². The predicted molar refractivity (Wildman–Crippen MR) is 86.2 cm³/mol. The summed E-state index contributed by atoms with van der Waals surface area (Å²) >= 11 is 0. The van der Waals surface area contributed by atoms with Gasteiger partial charge in [0.05, 0.1) is 12.7 Å². The number of phosphoric ester groups is 1. The summed E-state index contributed by atoms with van der Waals surface area (Å²) in [5.74, 6) is 0.302. The molecule has 3 unspecified atom stereocenters. The highest BCUT2D eigenvalue weighted by atomic mass is 31.2. The van der Waals surface area contributed by atoms with Gasteiger partial charge in [-0.2, -0.15) is 0 Å². The van der Waals surface area contributed by atoms with E-state index in [0.29, 0.717) is 5.92 Å². The van der Waals surface area contributed by atoms with Gasteiger partial charge in [-0.15, -0.1) is 0 Å². The quantitative estimate of drug-likeness (QED) is 0.331. The molecule has 21 heavy (non-hydrogen) atoms. The van der Waals surface area contributed by atoms with Gasteiger partial charge in [-0.1, -0.05) is 65.7 Å². The van der Waals surface area contributed by atoms with Gasteiger partial charge >= 0.3 is 0 Å². The zero-order chi connectivity index (χ0) is 16.1. The second-order valence-corrected chi connectivity index (χ2v) is 7.29. The first-order valence-electron chi connectivity index (χ1n) is 8.59. The van der Waals surface area contributed by atoms with Crippen molar-refractivity contribution in [2.75, 3.05) is 6.61 Å². The summed E-state index contributed by atoms with van der Waals surface area (Å²) in [6, 6.07) is 0. The third kappa shape index (κ3) is 12.3. The van der Waals surface area contributed by atoms with E-state index in [9.17, 15) is 9.46 Å². The summed E-state index contributed by atoms with van der Waals surface area (Å²) in [5, 5.41) is 0. The van der Waals surface area contributed by atoms with Crippen LogP contribution in [-0.2, 0) is 13.6 Å². The van der Waals surface area contributed by atoms with Gasteiger partial charge < -0.3 is 13.9 Å². The van der Waals surface area contributed by atoms with Gasteiger partial charge in [0.2, 0.25) is 0 Å². The topological polar surface area (TPSA) is 58.6 Å². The Balaban J connectivity index is 3.97. The molecule has 3 atom stereocenters. The molecule has 0 saturated carbocycles. The molecule has 0 fully saturated rings.